The molecule has 34 heavy (non-hydrogen) atoms. The van der Waals surface area contributed by atoms with Gasteiger partial charge in [0.05, 0.1) is 5.41 Å². The Morgan fingerprint density at radius 3 is 2.00 bits per heavy atom. The third kappa shape index (κ3) is 4.53. The van der Waals surface area contributed by atoms with Gasteiger partial charge in [0.25, 0.3) is 0 Å². The quantitative estimate of drug-likeness (QED) is 0.282. The average Bonchev–Trinajstić information content (AvgIpc) is 2.72. The van der Waals surface area contributed by atoms with Crippen LogP contribution < -0.4 is 0 Å². The van der Waals surface area contributed by atoms with E-state index >= 15 is 0 Å². The summed E-state index contributed by atoms with van der Waals surface area (Å²) in [6.07, 6.45) is 8.75. The number of aliphatic hydroxyl groups excluding tert-OH is 1. The first-order valence-corrected chi connectivity index (χ1v) is 12.6. The maximum atomic E-state index is 14.5. The summed E-state index contributed by atoms with van der Waals surface area (Å²) >= 11 is 0. The van der Waals surface area contributed by atoms with Crippen molar-refractivity contribution in [2.45, 2.75) is 101 Å². The minimum atomic E-state index is -1.76. The summed E-state index contributed by atoms with van der Waals surface area (Å²) in [5.41, 5.74) is -0.327. The maximum Gasteiger partial charge on any atom is 0.184 e. The van der Waals surface area contributed by atoms with Gasteiger partial charge in [0, 0.05) is 11.5 Å². The molecule has 0 heterocycles. The van der Waals surface area contributed by atoms with Crippen molar-refractivity contribution in [3.63, 3.8) is 0 Å². The van der Waals surface area contributed by atoms with Crippen molar-refractivity contribution < 1.29 is 19.5 Å². The molecule has 0 unspecified atom stereocenters. The van der Waals surface area contributed by atoms with Crippen molar-refractivity contribution in [1.82, 2.24) is 0 Å². The van der Waals surface area contributed by atoms with Gasteiger partial charge in [0.2, 0.25) is 0 Å². The highest BCUT2D eigenvalue weighted by atomic mass is 16.3. The molecule has 0 amide bonds. The Morgan fingerprint density at radius 1 is 0.941 bits per heavy atom. The molecule has 2 rings (SSSR count). The first kappa shape index (κ1) is 28.0. The minimum absolute atomic E-state index is 0.115. The number of fused-ring (bicyclic) bond motifs is 2. The van der Waals surface area contributed by atoms with Crippen molar-refractivity contribution >= 4 is 17.3 Å². The van der Waals surface area contributed by atoms with Gasteiger partial charge >= 0.3 is 0 Å². The largest absolute Gasteiger partial charge is 0.511 e. The Labute approximate surface area is 206 Å². The summed E-state index contributed by atoms with van der Waals surface area (Å²) in [5, 5.41) is 11.5. The van der Waals surface area contributed by atoms with Gasteiger partial charge in [-0.05, 0) is 85.5 Å². The molecule has 0 aromatic rings. The van der Waals surface area contributed by atoms with E-state index in [1.807, 2.05) is 60.6 Å². The standard InChI is InChI=1S/C30H44O4/c1-19(2)11-10-15-28(9)17-18-29(16-14-21(5)6)25(32)23(13-12-20(3)4)26(33)30(28,27(29)34)24(31)22(7)8/h11-12,14,22,32H,10,13,15-18H2,1-9H3/t28-,29-,30-/m0/s1. The SMILES string of the molecule is CC(C)=CCC[C@@]1(C)CC[C@]2(CC=C(C)C)C(=O)[C@]1(C(=O)C(C)C)C(=O)C(CC=C(C)C)=C2O. The van der Waals surface area contributed by atoms with Crippen molar-refractivity contribution in [2.24, 2.45) is 22.2 Å². The van der Waals surface area contributed by atoms with E-state index < -0.39 is 27.9 Å². The highest BCUT2D eigenvalue weighted by molar-refractivity contribution is 6.33. The van der Waals surface area contributed by atoms with Crippen molar-refractivity contribution in [1.29, 1.82) is 0 Å². The molecule has 2 aliphatic rings. The molecular weight excluding hydrogens is 424 g/mol. The fraction of sp³-hybridized carbons (Fsp3) is 0.633. The molecule has 0 aromatic carbocycles. The molecule has 0 aliphatic heterocycles. The van der Waals surface area contributed by atoms with Crippen LogP contribution in [0.4, 0.5) is 0 Å². The van der Waals surface area contributed by atoms with Crippen molar-refractivity contribution in [3.05, 3.63) is 46.3 Å². The van der Waals surface area contributed by atoms with E-state index in [1.54, 1.807) is 13.8 Å². The van der Waals surface area contributed by atoms with Crippen LogP contribution in [0.3, 0.4) is 0 Å². The first-order chi connectivity index (χ1) is 15.7. The summed E-state index contributed by atoms with van der Waals surface area (Å²) in [6, 6.07) is 0. The van der Waals surface area contributed by atoms with E-state index in [9.17, 15) is 19.5 Å². The molecule has 1 saturated carbocycles. The Hall–Kier alpha value is -2.23. The minimum Gasteiger partial charge on any atom is -0.511 e. The highest BCUT2D eigenvalue weighted by Crippen LogP contribution is 2.64. The molecule has 1 fully saturated rings. The lowest BCUT2D eigenvalue weighted by Gasteiger charge is -2.57. The molecular formula is C30H44O4. The molecule has 188 valence electrons. The lowest BCUT2D eigenvalue weighted by molar-refractivity contribution is -0.173. The Bertz CT molecular complexity index is 977. The van der Waals surface area contributed by atoms with Crippen LogP contribution in [0.15, 0.2) is 46.3 Å². The zero-order valence-electron chi connectivity index (χ0n) is 22.7. The smallest absolute Gasteiger partial charge is 0.184 e. The molecule has 2 aliphatic carbocycles. The Kier molecular flexibility index (Phi) is 8.38. The van der Waals surface area contributed by atoms with Gasteiger partial charge in [-0.1, -0.05) is 55.7 Å². The summed E-state index contributed by atoms with van der Waals surface area (Å²) in [6.45, 7) is 17.3. The normalized spacial score (nSPS) is 28.6. The second kappa shape index (κ2) is 10.2. The molecule has 0 aromatic heterocycles. The molecule has 0 spiro atoms. The zero-order valence-corrected chi connectivity index (χ0v) is 22.7. The third-order valence-electron chi connectivity index (χ3n) is 7.85. The van der Waals surface area contributed by atoms with E-state index in [-0.39, 0.29) is 29.3 Å². The van der Waals surface area contributed by atoms with Gasteiger partial charge in [-0.15, -0.1) is 0 Å². The van der Waals surface area contributed by atoms with E-state index in [4.69, 9.17) is 0 Å². The number of ketones is 3. The van der Waals surface area contributed by atoms with Gasteiger partial charge < -0.3 is 5.11 Å². The number of carbonyl (C=O) groups is 3. The van der Waals surface area contributed by atoms with Crippen LogP contribution in [-0.4, -0.2) is 22.5 Å². The van der Waals surface area contributed by atoms with Crippen molar-refractivity contribution in [3.8, 4) is 0 Å². The number of Topliss-reactive ketones (excluding diaryl/α,β-unsaturated/α-hetero) is 3. The monoisotopic (exact) mass is 468 g/mol. The number of rotatable bonds is 9. The van der Waals surface area contributed by atoms with Gasteiger partial charge in [-0.3, -0.25) is 14.4 Å². The summed E-state index contributed by atoms with van der Waals surface area (Å²) in [7, 11) is 0. The number of hydrogen-bond acceptors (Lipinski definition) is 4. The molecule has 3 atom stereocenters. The second-order valence-electron chi connectivity index (χ2n) is 11.7. The predicted molar refractivity (Wildman–Crippen MR) is 138 cm³/mol. The third-order valence-corrected chi connectivity index (χ3v) is 7.85. The lowest BCUT2D eigenvalue weighted by atomic mass is 9.41. The van der Waals surface area contributed by atoms with Crippen LogP contribution >= 0.6 is 0 Å². The van der Waals surface area contributed by atoms with Crippen LogP contribution in [0.5, 0.6) is 0 Å². The van der Waals surface area contributed by atoms with Crippen LogP contribution in [0, 0.1) is 22.2 Å². The predicted octanol–water partition coefficient (Wildman–Crippen LogP) is 7.41. The van der Waals surface area contributed by atoms with E-state index in [2.05, 4.69) is 6.08 Å². The Morgan fingerprint density at radius 2 is 1.50 bits per heavy atom. The second-order valence-corrected chi connectivity index (χ2v) is 11.7. The molecule has 1 N–H and O–H groups in total. The summed E-state index contributed by atoms with van der Waals surface area (Å²) in [4.78, 5) is 42.9. The van der Waals surface area contributed by atoms with Gasteiger partial charge in [0.15, 0.2) is 22.8 Å². The molecule has 0 saturated heterocycles. The van der Waals surface area contributed by atoms with Gasteiger partial charge in [-0.2, -0.15) is 0 Å². The molecule has 2 bridgehead atoms. The first-order valence-electron chi connectivity index (χ1n) is 12.6. The topological polar surface area (TPSA) is 71.4 Å². The van der Waals surface area contributed by atoms with Gasteiger partial charge in [0.1, 0.15) is 5.76 Å². The van der Waals surface area contributed by atoms with E-state index in [0.29, 0.717) is 32.1 Å². The van der Waals surface area contributed by atoms with E-state index in [1.165, 1.54) is 5.57 Å². The van der Waals surface area contributed by atoms with Crippen molar-refractivity contribution in [2.75, 3.05) is 0 Å². The highest BCUT2D eigenvalue weighted by Gasteiger charge is 2.73. The van der Waals surface area contributed by atoms with Gasteiger partial charge in [-0.25, -0.2) is 0 Å². The average molecular weight is 469 g/mol. The number of carbonyl (C=O) groups excluding carboxylic acids is 3. The van der Waals surface area contributed by atoms with Crippen LogP contribution in [0.1, 0.15) is 101 Å². The summed E-state index contributed by atoms with van der Waals surface area (Å²) < 4.78 is 0. The van der Waals surface area contributed by atoms with E-state index in [0.717, 1.165) is 11.1 Å². The van der Waals surface area contributed by atoms with Crippen LogP contribution in [0.25, 0.3) is 0 Å². The number of hydrogen-bond donors (Lipinski definition) is 1. The lowest BCUT2D eigenvalue weighted by Crippen LogP contribution is -2.68. The van der Waals surface area contributed by atoms with Crippen LogP contribution in [-0.2, 0) is 14.4 Å². The van der Waals surface area contributed by atoms with Crippen LogP contribution in [0.2, 0.25) is 0 Å². The number of aliphatic hydroxyl groups is 1. The molecule has 4 heteroatoms. The zero-order chi connectivity index (χ0) is 26.1. The summed E-state index contributed by atoms with van der Waals surface area (Å²) in [5.74, 6) is -1.74. The fourth-order valence-corrected chi connectivity index (χ4v) is 5.76. The molecule has 0 radical (unpaired) electrons. The Balaban J connectivity index is 2.90. The fourth-order valence-electron chi connectivity index (χ4n) is 5.76. The number of allylic oxidation sites excluding steroid dienone is 8. The maximum absolute atomic E-state index is 14.5. The molecule has 4 nitrogen and oxygen atoms in total.